The van der Waals surface area contributed by atoms with Crippen molar-refractivity contribution in [2.24, 2.45) is 0 Å². The number of benzene rings is 1. The zero-order chi connectivity index (χ0) is 21.1. The second-order valence-electron chi connectivity index (χ2n) is 6.39. The maximum Gasteiger partial charge on any atom is 0.359 e. The Balaban J connectivity index is 1.75. The summed E-state index contributed by atoms with van der Waals surface area (Å²) in [5, 5.41) is 6.88. The number of nitrogens with zero attached hydrogens (tertiary/aromatic N) is 3. The summed E-state index contributed by atoms with van der Waals surface area (Å²) in [6.07, 6.45) is -1.15. The van der Waals surface area contributed by atoms with Crippen LogP contribution in [0, 0.1) is 19.7 Å². The summed E-state index contributed by atoms with van der Waals surface area (Å²) in [4.78, 5) is 29.0. The number of hydrogen-bond acceptors (Lipinski definition) is 5. The molecule has 2 heterocycles. The minimum absolute atomic E-state index is 0.0815. The number of pyridine rings is 1. The molecule has 1 amide bonds. The molecule has 0 aliphatic carbocycles. The molecule has 0 bridgehead atoms. The molecule has 0 radical (unpaired) electrons. The van der Waals surface area contributed by atoms with Crippen molar-refractivity contribution in [3.05, 3.63) is 70.4 Å². The molecule has 1 aromatic carbocycles. The van der Waals surface area contributed by atoms with Gasteiger partial charge in [-0.05, 0) is 57.2 Å². The van der Waals surface area contributed by atoms with Crippen LogP contribution in [-0.2, 0) is 9.53 Å². The van der Waals surface area contributed by atoms with Gasteiger partial charge >= 0.3 is 5.97 Å². The van der Waals surface area contributed by atoms with Crippen molar-refractivity contribution in [1.29, 1.82) is 0 Å². The lowest BCUT2D eigenvalue weighted by atomic mass is 10.3. The minimum atomic E-state index is -1.15. The van der Waals surface area contributed by atoms with Gasteiger partial charge in [-0.15, -0.1) is 0 Å². The molecule has 0 spiro atoms. The molecule has 0 aliphatic rings. The number of nitrogens with one attached hydrogen (secondary N) is 1. The van der Waals surface area contributed by atoms with Crippen LogP contribution in [0.3, 0.4) is 0 Å². The smallest absolute Gasteiger partial charge is 0.359 e. The third kappa shape index (κ3) is 4.78. The lowest BCUT2D eigenvalue weighted by Crippen LogP contribution is -2.30. The molecule has 0 saturated carbocycles. The lowest BCUT2D eigenvalue weighted by molar-refractivity contribution is -0.123. The molecule has 150 valence electrons. The van der Waals surface area contributed by atoms with Gasteiger partial charge < -0.3 is 10.1 Å². The fourth-order valence-electron chi connectivity index (χ4n) is 2.63. The SMILES string of the molecule is Cc1cc(C)n(-c2ccc(Cl)c(C(=O)OC(C)C(=O)Nc3cccc(F)c3)n2)n1. The highest BCUT2D eigenvalue weighted by atomic mass is 35.5. The van der Waals surface area contributed by atoms with Crippen LogP contribution in [0.25, 0.3) is 5.82 Å². The van der Waals surface area contributed by atoms with Crippen molar-refractivity contribution < 1.29 is 18.7 Å². The number of aromatic nitrogens is 3. The predicted molar refractivity (Wildman–Crippen MR) is 106 cm³/mol. The number of esters is 1. The molecule has 7 nitrogen and oxygen atoms in total. The Morgan fingerprint density at radius 2 is 1.97 bits per heavy atom. The van der Waals surface area contributed by atoms with E-state index in [-0.39, 0.29) is 16.4 Å². The van der Waals surface area contributed by atoms with Crippen LogP contribution in [-0.4, -0.2) is 32.7 Å². The molecule has 0 fully saturated rings. The van der Waals surface area contributed by atoms with Crippen LogP contribution >= 0.6 is 11.6 Å². The van der Waals surface area contributed by atoms with Gasteiger partial charge in [-0.1, -0.05) is 17.7 Å². The van der Waals surface area contributed by atoms with Crippen molar-refractivity contribution in [2.45, 2.75) is 26.9 Å². The van der Waals surface area contributed by atoms with Crippen molar-refractivity contribution in [2.75, 3.05) is 5.32 Å². The first kappa shape index (κ1) is 20.5. The number of amides is 1. The van der Waals surface area contributed by atoms with E-state index in [1.54, 1.807) is 10.7 Å². The second kappa shape index (κ2) is 8.40. The topological polar surface area (TPSA) is 86.1 Å². The van der Waals surface area contributed by atoms with Gasteiger partial charge in [0, 0.05) is 11.4 Å². The third-order valence-corrected chi connectivity index (χ3v) is 4.30. The van der Waals surface area contributed by atoms with E-state index in [1.807, 2.05) is 19.9 Å². The highest BCUT2D eigenvalue weighted by Crippen LogP contribution is 2.19. The highest BCUT2D eigenvalue weighted by molar-refractivity contribution is 6.33. The molecule has 9 heteroatoms. The summed E-state index contributed by atoms with van der Waals surface area (Å²) >= 11 is 6.10. The predicted octanol–water partition coefficient (Wildman–Crippen LogP) is 3.86. The van der Waals surface area contributed by atoms with Crippen LogP contribution in [0.1, 0.15) is 28.8 Å². The first-order valence-corrected chi connectivity index (χ1v) is 9.10. The Labute approximate surface area is 171 Å². The number of aryl methyl sites for hydroxylation is 2. The fourth-order valence-corrected chi connectivity index (χ4v) is 2.82. The largest absolute Gasteiger partial charge is 0.448 e. The molecule has 1 atom stereocenters. The maximum absolute atomic E-state index is 13.2. The number of anilines is 1. The number of carbonyl (C=O) groups excluding carboxylic acids is 2. The Morgan fingerprint density at radius 3 is 2.62 bits per heavy atom. The molecule has 3 aromatic rings. The van der Waals surface area contributed by atoms with E-state index < -0.39 is 23.8 Å². The van der Waals surface area contributed by atoms with E-state index in [0.29, 0.717) is 5.82 Å². The molecule has 3 rings (SSSR count). The Kier molecular flexibility index (Phi) is 5.93. The standard InChI is InChI=1S/C20H18ClFN4O3/c1-11-9-12(2)26(25-11)17-8-7-16(21)18(24-17)20(28)29-13(3)19(27)23-15-6-4-5-14(22)10-15/h4-10,13H,1-3H3,(H,23,27). The fraction of sp³-hybridized carbons (Fsp3) is 0.200. The number of ether oxygens (including phenoxy) is 1. The molecule has 1 N–H and O–H groups in total. The van der Waals surface area contributed by atoms with Gasteiger partial charge in [0.05, 0.1) is 10.7 Å². The quantitative estimate of drug-likeness (QED) is 0.638. The van der Waals surface area contributed by atoms with Gasteiger partial charge in [0.1, 0.15) is 5.82 Å². The summed E-state index contributed by atoms with van der Waals surface area (Å²) in [5.41, 5.74) is 1.74. The van der Waals surface area contributed by atoms with Crippen molar-refractivity contribution >= 4 is 29.2 Å². The van der Waals surface area contributed by atoms with E-state index in [1.165, 1.54) is 31.2 Å². The first-order valence-electron chi connectivity index (χ1n) is 8.72. The summed E-state index contributed by atoms with van der Waals surface area (Å²) in [6.45, 7) is 5.09. The molecule has 1 unspecified atom stereocenters. The van der Waals surface area contributed by atoms with Gasteiger partial charge in [-0.25, -0.2) is 18.9 Å². The summed E-state index contributed by atoms with van der Waals surface area (Å²) in [6, 6.07) is 10.4. The molecule has 0 saturated heterocycles. The average Bonchev–Trinajstić information content (AvgIpc) is 3.00. The first-order chi connectivity index (χ1) is 13.7. The lowest BCUT2D eigenvalue weighted by Gasteiger charge is -2.14. The van der Waals surface area contributed by atoms with Crippen LogP contribution in [0.5, 0.6) is 0 Å². The normalized spacial score (nSPS) is 11.8. The van der Waals surface area contributed by atoms with Crippen LogP contribution in [0.2, 0.25) is 5.02 Å². The highest BCUT2D eigenvalue weighted by Gasteiger charge is 2.23. The zero-order valence-electron chi connectivity index (χ0n) is 15.9. The van der Waals surface area contributed by atoms with Gasteiger partial charge in [0.25, 0.3) is 5.91 Å². The molecule has 29 heavy (non-hydrogen) atoms. The maximum atomic E-state index is 13.2. The summed E-state index contributed by atoms with van der Waals surface area (Å²) < 4.78 is 20.0. The van der Waals surface area contributed by atoms with Gasteiger partial charge in [0.2, 0.25) is 0 Å². The third-order valence-electron chi connectivity index (χ3n) is 4.00. The Hall–Kier alpha value is -3.26. The van der Waals surface area contributed by atoms with E-state index in [4.69, 9.17) is 16.3 Å². The second-order valence-corrected chi connectivity index (χ2v) is 6.79. The molecule has 0 aliphatic heterocycles. The number of hydrogen-bond donors (Lipinski definition) is 1. The Morgan fingerprint density at radius 1 is 1.21 bits per heavy atom. The minimum Gasteiger partial charge on any atom is -0.448 e. The van der Waals surface area contributed by atoms with Crippen molar-refractivity contribution in [3.8, 4) is 5.82 Å². The van der Waals surface area contributed by atoms with Crippen molar-refractivity contribution in [3.63, 3.8) is 0 Å². The van der Waals surface area contributed by atoms with E-state index >= 15 is 0 Å². The van der Waals surface area contributed by atoms with Gasteiger partial charge in [0.15, 0.2) is 17.6 Å². The van der Waals surface area contributed by atoms with Gasteiger partial charge in [-0.3, -0.25) is 4.79 Å². The number of carbonyl (C=O) groups is 2. The van der Waals surface area contributed by atoms with Crippen molar-refractivity contribution in [1.82, 2.24) is 14.8 Å². The summed E-state index contributed by atoms with van der Waals surface area (Å²) in [7, 11) is 0. The van der Waals surface area contributed by atoms with Crippen LogP contribution < -0.4 is 5.32 Å². The van der Waals surface area contributed by atoms with E-state index in [0.717, 1.165) is 17.5 Å². The number of rotatable bonds is 5. The molecular formula is C20H18ClFN4O3. The summed E-state index contributed by atoms with van der Waals surface area (Å²) in [5.74, 6) is -1.58. The molecule has 2 aromatic heterocycles. The van der Waals surface area contributed by atoms with E-state index in [2.05, 4.69) is 15.4 Å². The van der Waals surface area contributed by atoms with Crippen LogP contribution in [0.4, 0.5) is 10.1 Å². The van der Waals surface area contributed by atoms with E-state index in [9.17, 15) is 14.0 Å². The van der Waals surface area contributed by atoms with Gasteiger partial charge in [-0.2, -0.15) is 5.10 Å². The monoisotopic (exact) mass is 416 g/mol. The average molecular weight is 417 g/mol. The number of halogens is 2. The Bertz CT molecular complexity index is 1080. The van der Waals surface area contributed by atoms with Crippen LogP contribution in [0.15, 0.2) is 42.5 Å². The zero-order valence-corrected chi connectivity index (χ0v) is 16.7. The molecular weight excluding hydrogens is 399 g/mol.